The van der Waals surface area contributed by atoms with Crippen LogP contribution in [-0.4, -0.2) is 11.0 Å². The summed E-state index contributed by atoms with van der Waals surface area (Å²) in [6.07, 6.45) is 0.378. The lowest BCUT2D eigenvalue weighted by Gasteiger charge is -2.20. The first-order valence-corrected chi connectivity index (χ1v) is 7.78. The SMILES string of the molecule is N/C(CC(Nc1ccc(I)cc1Cl)c1ccccc1)=N/O. The number of benzene rings is 2. The third-order valence-corrected chi connectivity index (χ3v) is 3.99. The monoisotopic (exact) mass is 415 g/mol. The molecule has 0 saturated heterocycles. The molecule has 1 unspecified atom stereocenters. The van der Waals surface area contributed by atoms with Gasteiger partial charge in [0.2, 0.25) is 0 Å². The van der Waals surface area contributed by atoms with Crippen LogP contribution in [0.4, 0.5) is 5.69 Å². The number of nitrogens with one attached hydrogen (secondary N) is 1. The Morgan fingerprint density at radius 3 is 2.62 bits per heavy atom. The zero-order chi connectivity index (χ0) is 15.2. The molecule has 2 aromatic rings. The Bertz CT molecular complexity index is 634. The van der Waals surface area contributed by atoms with E-state index in [2.05, 4.69) is 33.1 Å². The van der Waals surface area contributed by atoms with Crippen molar-refractivity contribution in [1.82, 2.24) is 0 Å². The summed E-state index contributed by atoms with van der Waals surface area (Å²) in [5, 5.41) is 15.8. The van der Waals surface area contributed by atoms with Gasteiger partial charge in [-0.3, -0.25) is 0 Å². The number of nitrogens with two attached hydrogens (primary N) is 1. The summed E-state index contributed by atoms with van der Waals surface area (Å²) in [5.41, 5.74) is 7.51. The van der Waals surface area contributed by atoms with E-state index in [1.807, 2.05) is 48.5 Å². The molecule has 21 heavy (non-hydrogen) atoms. The van der Waals surface area contributed by atoms with Crippen molar-refractivity contribution in [3.05, 3.63) is 62.7 Å². The van der Waals surface area contributed by atoms with Gasteiger partial charge in [0.15, 0.2) is 0 Å². The van der Waals surface area contributed by atoms with Gasteiger partial charge in [-0.25, -0.2) is 0 Å². The average molecular weight is 416 g/mol. The smallest absolute Gasteiger partial charge is 0.141 e. The van der Waals surface area contributed by atoms with Crippen LogP contribution in [0.15, 0.2) is 53.7 Å². The standard InChI is InChI=1S/C15H15ClIN3O/c16-12-8-11(17)6-7-13(12)19-14(9-15(18)20-21)10-4-2-1-3-5-10/h1-8,14,19,21H,9H2,(H2,18,20). The van der Waals surface area contributed by atoms with Gasteiger partial charge >= 0.3 is 0 Å². The molecule has 0 saturated carbocycles. The second-order valence-electron chi connectivity index (χ2n) is 4.53. The number of hydrogen-bond acceptors (Lipinski definition) is 3. The van der Waals surface area contributed by atoms with E-state index in [9.17, 15) is 0 Å². The Hall–Kier alpha value is -1.47. The minimum absolute atomic E-state index is 0.125. The van der Waals surface area contributed by atoms with Crippen LogP contribution in [0.25, 0.3) is 0 Å². The van der Waals surface area contributed by atoms with E-state index in [0.717, 1.165) is 14.8 Å². The van der Waals surface area contributed by atoms with E-state index >= 15 is 0 Å². The number of halogens is 2. The lowest BCUT2D eigenvalue weighted by Crippen LogP contribution is -2.21. The summed E-state index contributed by atoms with van der Waals surface area (Å²) in [4.78, 5) is 0. The first kappa shape index (κ1) is 15.9. The molecule has 1 atom stereocenters. The van der Waals surface area contributed by atoms with E-state index < -0.39 is 0 Å². The minimum Gasteiger partial charge on any atom is -0.409 e. The second kappa shape index (κ2) is 7.51. The highest BCUT2D eigenvalue weighted by Gasteiger charge is 2.15. The molecule has 0 aliphatic heterocycles. The molecule has 0 spiro atoms. The van der Waals surface area contributed by atoms with E-state index in [-0.39, 0.29) is 11.9 Å². The van der Waals surface area contributed by atoms with Crippen molar-refractivity contribution in [3.8, 4) is 0 Å². The van der Waals surface area contributed by atoms with Crippen molar-refractivity contribution in [2.24, 2.45) is 10.9 Å². The lowest BCUT2D eigenvalue weighted by atomic mass is 10.0. The summed E-state index contributed by atoms with van der Waals surface area (Å²) in [7, 11) is 0. The van der Waals surface area contributed by atoms with E-state index in [0.29, 0.717) is 11.4 Å². The Kier molecular flexibility index (Phi) is 5.69. The molecular formula is C15H15ClIN3O. The molecule has 0 amide bonds. The van der Waals surface area contributed by atoms with Gasteiger partial charge in [0.25, 0.3) is 0 Å². The number of amidine groups is 1. The summed E-state index contributed by atoms with van der Waals surface area (Å²) < 4.78 is 1.07. The molecule has 0 bridgehead atoms. The number of rotatable bonds is 5. The molecule has 2 aromatic carbocycles. The topological polar surface area (TPSA) is 70.6 Å². The van der Waals surface area contributed by atoms with Gasteiger partial charge in [-0.05, 0) is 46.4 Å². The van der Waals surface area contributed by atoms with Crippen LogP contribution in [0.3, 0.4) is 0 Å². The number of nitrogens with zero attached hydrogens (tertiary/aromatic N) is 1. The highest BCUT2D eigenvalue weighted by molar-refractivity contribution is 14.1. The Balaban J connectivity index is 2.27. The van der Waals surface area contributed by atoms with Crippen LogP contribution >= 0.6 is 34.2 Å². The second-order valence-corrected chi connectivity index (χ2v) is 6.18. The number of hydrogen-bond donors (Lipinski definition) is 3. The first-order valence-electron chi connectivity index (χ1n) is 6.33. The Labute approximate surface area is 142 Å². The van der Waals surface area contributed by atoms with Crippen LogP contribution in [0.5, 0.6) is 0 Å². The van der Waals surface area contributed by atoms with Gasteiger partial charge in [0, 0.05) is 9.99 Å². The van der Waals surface area contributed by atoms with Gasteiger partial charge in [0.05, 0.1) is 16.8 Å². The van der Waals surface area contributed by atoms with Gasteiger partial charge in [-0.15, -0.1) is 0 Å². The quantitative estimate of drug-likeness (QED) is 0.225. The Morgan fingerprint density at radius 1 is 1.29 bits per heavy atom. The van der Waals surface area contributed by atoms with E-state index in [1.54, 1.807) is 0 Å². The minimum atomic E-state index is -0.125. The van der Waals surface area contributed by atoms with Crippen molar-refractivity contribution in [1.29, 1.82) is 0 Å². The van der Waals surface area contributed by atoms with Crippen molar-refractivity contribution in [2.45, 2.75) is 12.5 Å². The molecular weight excluding hydrogens is 401 g/mol. The molecule has 0 aliphatic carbocycles. The van der Waals surface area contributed by atoms with Crippen molar-refractivity contribution >= 4 is 45.7 Å². The molecule has 0 heterocycles. The molecule has 4 N–H and O–H groups in total. The zero-order valence-electron chi connectivity index (χ0n) is 11.1. The van der Waals surface area contributed by atoms with Crippen LogP contribution in [0.1, 0.15) is 18.0 Å². The van der Waals surface area contributed by atoms with Gasteiger partial charge in [-0.2, -0.15) is 0 Å². The van der Waals surface area contributed by atoms with E-state index in [1.165, 1.54) is 0 Å². The highest BCUT2D eigenvalue weighted by Crippen LogP contribution is 2.29. The average Bonchev–Trinajstić information content (AvgIpc) is 2.49. The molecule has 110 valence electrons. The molecule has 0 aromatic heterocycles. The van der Waals surface area contributed by atoms with Crippen LogP contribution in [-0.2, 0) is 0 Å². The summed E-state index contributed by atoms with van der Waals surface area (Å²) >= 11 is 8.46. The molecule has 6 heteroatoms. The summed E-state index contributed by atoms with van der Waals surface area (Å²) in [6.45, 7) is 0. The predicted molar refractivity (Wildman–Crippen MR) is 95.0 cm³/mol. The van der Waals surface area contributed by atoms with Crippen molar-refractivity contribution < 1.29 is 5.21 Å². The fourth-order valence-corrected chi connectivity index (χ4v) is 2.89. The molecule has 2 rings (SSSR count). The van der Waals surface area contributed by atoms with Gasteiger partial charge < -0.3 is 16.3 Å². The fourth-order valence-electron chi connectivity index (χ4n) is 1.98. The maximum absolute atomic E-state index is 8.80. The molecule has 4 nitrogen and oxygen atoms in total. The fraction of sp³-hybridized carbons (Fsp3) is 0.133. The number of anilines is 1. The van der Waals surface area contributed by atoms with E-state index in [4.69, 9.17) is 22.5 Å². The predicted octanol–water partition coefficient (Wildman–Crippen LogP) is 4.23. The maximum Gasteiger partial charge on any atom is 0.141 e. The molecule has 0 aliphatic rings. The Morgan fingerprint density at radius 2 is 2.00 bits per heavy atom. The lowest BCUT2D eigenvalue weighted by molar-refractivity contribution is 0.316. The zero-order valence-corrected chi connectivity index (χ0v) is 14.0. The first-order chi connectivity index (χ1) is 10.1. The van der Waals surface area contributed by atoms with Crippen LogP contribution in [0.2, 0.25) is 5.02 Å². The molecule has 0 fully saturated rings. The van der Waals surface area contributed by atoms with Crippen molar-refractivity contribution in [2.75, 3.05) is 5.32 Å². The van der Waals surface area contributed by atoms with Crippen LogP contribution < -0.4 is 11.1 Å². The maximum atomic E-state index is 8.80. The third-order valence-electron chi connectivity index (χ3n) is 3.00. The van der Waals surface area contributed by atoms with Crippen molar-refractivity contribution in [3.63, 3.8) is 0 Å². The number of oxime groups is 1. The van der Waals surface area contributed by atoms with Crippen LogP contribution in [0, 0.1) is 3.57 Å². The molecule has 0 radical (unpaired) electrons. The third kappa shape index (κ3) is 4.50. The summed E-state index contributed by atoms with van der Waals surface area (Å²) in [5.74, 6) is 0.165. The largest absolute Gasteiger partial charge is 0.409 e. The normalized spacial score (nSPS) is 13.0. The van der Waals surface area contributed by atoms with Gasteiger partial charge in [-0.1, -0.05) is 47.1 Å². The van der Waals surface area contributed by atoms with Gasteiger partial charge in [0.1, 0.15) is 5.84 Å². The summed E-state index contributed by atoms with van der Waals surface area (Å²) in [6, 6.07) is 15.5. The highest BCUT2D eigenvalue weighted by atomic mass is 127.